The Balaban J connectivity index is 2.39. The normalized spacial score (nSPS) is 19.5. The Morgan fingerprint density at radius 3 is 2.67 bits per heavy atom. The smallest absolute Gasteiger partial charge is 0.471 e. The van der Waals surface area contributed by atoms with Crippen LogP contribution in [0, 0.1) is 0 Å². The van der Waals surface area contributed by atoms with Crippen LogP contribution in [-0.2, 0) is 16.0 Å². The number of hydrogen-bond donors (Lipinski definition) is 1. The van der Waals surface area contributed by atoms with Crippen molar-refractivity contribution >= 4 is 23.2 Å². The standard InChI is InChI=1S/C10H8F3NO3S/c11-10(12,13)9(17)14-3-1-5-2-4-18-7(5)6(14)8(15)16/h2,4,6H,1,3H2,(H,15,16). The van der Waals surface area contributed by atoms with E-state index in [0.717, 1.165) is 11.3 Å². The van der Waals surface area contributed by atoms with E-state index in [4.69, 9.17) is 5.11 Å². The number of fused-ring (bicyclic) bond motifs is 1. The van der Waals surface area contributed by atoms with Gasteiger partial charge in [0.05, 0.1) is 0 Å². The number of carboxylic acid groups (broad SMARTS) is 1. The van der Waals surface area contributed by atoms with Crippen molar-refractivity contribution in [3.05, 3.63) is 21.9 Å². The van der Waals surface area contributed by atoms with E-state index < -0.39 is 24.1 Å². The molecule has 18 heavy (non-hydrogen) atoms. The molecule has 0 spiro atoms. The molecule has 0 aromatic carbocycles. The van der Waals surface area contributed by atoms with Crippen LogP contribution in [0.3, 0.4) is 0 Å². The number of halogens is 3. The van der Waals surface area contributed by atoms with Crippen molar-refractivity contribution in [2.45, 2.75) is 18.6 Å². The highest BCUT2D eigenvalue weighted by Gasteiger charge is 2.48. The van der Waals surface area contributed by atoms with E-state index in [2.05, 4.69) is 0 Å². The number of thiophene rings is 1. The zero-order chi connectivity index (χ0) is 13.5. The maximum Gasteiger partial charge on any atom is 0.471 e. The van der Waals surface area contributed by atoms with Gasteiger partial charge in [-0.25, -0.2) is 4.79 Å². The van der Waals surface area contributed by atoms with Crippen molar-refractivity contribution in [3.63, 3.8) is 0 Å². The maximum atomic E-state index is 12.4. The molecule has 0 saturated carbocycles. The van der Waals surface area contributed by atoms with Crippen molar-refractivity contribution in [1.82, 2.24) is 4.90 Å². The van der Waals surface area contributed by atoms with Crippen LogP contribution < -0.4 is 0 Å². The van der Waals surface area contributed by atoms with Crippen LogP contribution in [0.25, 0.3) is 0 Å². The molecule has 1 atom stereocenters. The SMILES string of the molecule is O=C(O)C1c2sccc2CCN1C(=O)C(F)(F)F. The molecule has 0 saturated heterocycles. The summed E-state index contributed by atoms with van der Waals surface area (Å²) in [4.78, 5) is 23.0. The lowest BCUT2D eigenvalue weighted by molar-refractivity contribution is -0.190. The molecule has 1 unspecified atom stereocenters. The first-order valence-electron chi connectivity index (χ1n) is 4.99. The van der Waals surface area contributed by atoms with Gasteiger partial charge < -0.3 is 10.0 Å². The van der Waals surface area contributed by atoms with Gasteiger partial charge in [0.2, 0.25) is 0 Å². The first kappa shape index (κ1) is 12.9. The Hall–Kier alpha value is -1.57. The van der Waals surface area contributed by atoms with Crippen molar-refractivity contribution < 1.29 is 27.9 Å². The summed E-state index contributed by atoms with van der Waals surface area (Å²) in [6, 6.07) is 0.133. The molecule has 4 nitrogen and oxygen atoms in total. The lowest BCUT2D eigenvalue weighted by Gasteiger charge is -2.33. The molecular weight excluding hydrogens is 271 g/mol. The Bertz CT molecular complexity index is 497. The average molecular weight is 279 g/mol. The van der Waals surface area contributed by atoms with Gasteiger partial charge in [0.1, 0.15) is 0 Å². The number of rotatable bonds is 1. The predicted molar refractivity (Wildman–Crippen MR) is 56.2 cm³/mol. The fourth-order valence-electron chi connectivity index (χ4n) is 1.93. The molecule has 0 radical (unpaired) electrons. The second kappa shape index (κ2) is 4.27. The van der Waals surface area contributed by atoms with Crippen LogP contribution in [0.1, 0.15) is 16.5 Å². The number of carboxylic acids is 1. The minimum absolute atomic E-state index is 0.237. The Morgan fingerprint density at radius 1 is 1.44 bits per heavy atom. The third-order valence-electron chi connectivity index (χ3n) is 2.70. The van der Waals surface area contributed by atoms with E-state index >= 15 is 0 Å². The van der Waals surface area contributed by atoms with Crippen molar-refractivity contribution in [3.8, 4) is 0 Å². The van der Waals surface area contributed by atoms with E-state index in [9.17, 15) is 22.8 Å². The summed E-state index contributed by atoms with van der Waals surface area (Å²) in [5.74, 6) is -3.55. The lowest BCUT2D eigenvalue weighted by Crippen LogP contribution is -2.48. The number of carbonyl (C=O) groups is 2. The Labute approximate surface area is 104 Å². The molecule has 1 aliphatic heterocycles. The van der Waals surface area contributed by atoms with Gasteiger partial charge in [-0.3, -0.25) is 4.79 Å². The van der Waals surface area contributed by atoms with Gasteiger partial charge in [0.25, 0.3) is 0 Å². The fraction of sp³-hybridized carbons (Fsp3) is 0.400. The molecule has 0 fully saturated rings. The zero-order valence-corrected chi connectivity index (χ0v) is 9.72. The molecule has 0 aliphatic carbocycles. The number of amides is 1. The third kappa shape index (κ3) is 2.07. The topological polar surface area (TPSA) is 57.6 Å². The highest BCUT2D eigenvalue weighted by molar-refractivity contribution is 7.10. The first-order valence-corrected chi connectivity index (χ1v) is 5.87. The van der Waals surface area contributed by atoms with Gasteiger partial charge in [-0.1, -0.05) is 0 Å². The second-order valence-corrected chi connectivity index (χ2v) is 4.74. The molecule has 1 aliphatic rings. The zero-order valence-electron chi connectivity index (χ0n) is 8.90. The molecule has 1 N–H and O–H groups in total. The molecule has 2 heterocycles. The van der Waals surface area contributed by atoms with Crippen molar-refractivity contribution in [1.29, 1.82) is 0 Å². The molecule has 98 valence electrons. The number of carbonyl (C=O) groups excluding carboxylic acids is 1. The fourth-order valence-corrected chi connectivity index (χ4v) is 2.99. The number of hydrogen-bond acceptors (Lipinski definition) is 3. The molecular formula is C10H8F3NO3S. The van der Waals surface area contributed by atoms with Crippen LogP contribution in [0.5, 0.6) is 0 Å². The Kier molecular flexibility index (Phi) is 3.05. The van der Waals surface area contributed by atoms with E-state index in [1.165, 1.54) is 0 Å². The Morgan fingerprint density at radius 2 is 2.11 bits per heavy atom. The van der Waals surface area contributed by atoms with Gasteiger partial charge in [0, 0.05) is 11.4 Å². The van der Waals surface area contributed by atoms with Crippen molar-refractivity contribution in [2.24, 2.45) is 0 Å². The molecule has 8 heteroatoms. The highest BCUT2D eigenvalue weighted by Crippen LogP contribution is 2.36. The lowest BCUT2D eigenvalue weighted by atomic mass is 10.0. The van der Waals surface area contributed by atoms with Gasteiger partial charge in [-0.15, -0.1) is 11.3 Å². The molecule has 0 bridgehead atoms. The summed E-state index contributed by atoms with van der Waals surface area (Å²) in [6.45, 7) is -0.237. The minimum atomic E-state index is -5.05. The summed E-state index contributed by atoms with van der Waals surface area (Å²) in [5.41, 5.74) is 0.693. The third-order valence-corrected chi connectivity index (χ3v) is 3.71. The summed E-state index contributed by atoms with van der Waals surface area (Å²) in [6.07, 6.45) is -4.81. The number of alkyl halides is 3. The van der Waals surface area contributed by atoms with E-state index in [1.807, 2.05) is 0 Å². The van der Waals surface area contributed by atoms with E-state index in [0.29, 0.717) is 15.3 Å². The number of aliphatic carboxylic acids is 1. The minimum Gasteiger partial charge on any atom is -0.479 e. The van der Waals surface area contributed by atoms with Gasteiger partial charge in [-0.05, 0) is 23.4 Å². The predicted octanol–water partition coefficient (Wildman–Crippen LogP) is 1.82. The maximum absolute atomic E-state index is 12.4. The van der Waals surface area contributed by atoms with Crippen LogP contribution in [-0.4, -0.2) is 34.6 Å². The molecule has 1 aromatic heterocycles. The van der Waals surface area contributed by atoms with Crippen LogP contribution >= 0.6 is 11.3 Å². The molecule has 1 aromatic rings. The van der Waals surface area contributed by atoms with Crippen LogP contribution in [0.4, 0.5) is 13.2 Å². The molecule has 1 amide bonds. The number of nitrogens with zero attached hydrogens (tertiary/aromatic N) is 1. The van der Waals surface area contributed by atoms with Gasteiger partial charge >= 0.3 is 18.1 Å². The quantitative estimate of drug-likeness (QED) is 0.853. The van der Waals surface area contributed by atoms with Crippen molar-refractivity contribution in [2.75, 3.05) is 6.54 Å². The monoisotopic (exact) mass is 279 g/mol. The van der Waals surface area contributed by atoms with E-state index in [1.54, 1.807) is 11.4 Å². The molecule has 2 rings (SSSR count). The first-order chi connectivity index (χ1) is 8.32. The second-order valence-electron chi connectivity index (χ2n) is 3.80. The van der Waals surface area contributed by atoms with Gasteiger partial charge in [-0.2, -0.15) is 13.2 Å². The van der Waals surface area contributed by atoms with Crippen LogP contribution in [0.15, 0.2) is 11.4 Å². The highest BCUT2D eigenvalue weighted by atomic mass is 32.1. The largest absolute Gasteiger partial charge is 0.479 e. The summed E-state index contributed by atoms with van der Waals surface area (Å²) in [7, 11) is 0. The van der Waals surface area contributed by atoms with Crippen LogP contribution in [0.2, 0.25) is 0 Å². The summed E-state index contributed by atoms with van der Waals surface area (Å²) >= 11 is 1.05. The average Bonchev–Trinajstić information content (AvgIpc) is 2.72. The van der Waals surface area contributed by atoms with Gasteiger partial charge in [0.15, 0.2) is 6.04 Å². The van der Waals surface area contributed by atoms with E-state index in [-0.39, 0.29) is 13.0 Å². The summed E-state index contributed by atoms with van der Waals surface area (Å²) in [5, 5.41) is 10.6. The summed E-state index contributed by atoms with van der Waals surface area (Å²) < 4.78 is 37.2.